The second-order valence-corrected chi connectivity index (χ2v) is 6.58. The molecule has 0 radical (unpaired) electrons. The van der Waals surface area contributed by atoms with Gasteiger partial charge in [-0.15, -0.1) is 0 Å². The van der Waals surface area contributed by atoms with E-state index >= 15 is 0 Å². The van der Waals surface area contributed by atoms with Crippen LogP contribution in [0.3, 0.4) is 0 Å². The van der Waals surface area contributed by atoms with Crippen LogP contribution in [0, 0.1) is 17.8 Å². The molecule has 116 valence electrons. The number of amides is 1. The van der Waals surface area contributed by atoms with Gasteiger partial charge in [-0.1, -0.05) is 50.6 Å². The van der Waals surface area contributed by atoms with E-state index in [0.717, 1.165) is 19.3 Å². The fraction of sp³-hybridized carbons (Fsp3) is 0.611. The van der Waals surface area contributed by atoms with Crippen molar-refractivity contribution in [3.8, 4) is 0 Å². The van der Waals surface area contributed by atoms with Crippen molar-refractivity contribution in [3.63, 3.8) is 0 Å². The van der Waals surface area contributed by atoms with E-state index < -0.39 is 0 Å². The number of rotatable bonds is 6. The van der Waals surface area contributed by atoms with Crippen molar-refractivity contribution in [2.75, 3.05) is 6.54 Å². The normalized spacial score (nSPS) is 23.2. The van der Waals surface area contributed by atoms with Crippen LogP contribution in [-0.2, 0) is 11.2 Å². The Bertz CT molecular complexity index is 444. The van der Waals surface area contributed by atoms with Gasteiger partial charge in [0.2, 0.25) is 5.91 Å². The van der Waals surface area contributed by atoms with Crippen LogP contribution in [0.2, 0.25) is 0 Å². The van der Waals surface area contributed by atoms with E-state index in [2.05, 4.69) is 31.3 Å². The molecule has 0 saturated heterocycles. The van der Waals surface area contributed by atoms with Crippen LogP contribution in [0.25, 0.3) is 0 Å². The molecule has 1 amide bonds. The predicted octanol–water partition coefficient (Wildman–Crippen LogP) is 2.74. The van der Waals surface area contributed by atoms with Crippen LogP contribution >= 0.6 is 0 Å². The molecule has 1 saturated carbocycles. The Morgan fingerprint density at radius 1 is 1.29 bits per heavy atom. The highest BCUT2D eigenvalue weighted by Crippen LogP contribution is 2.26. The maximum Gasteiger partial charge on any atom is 0.223 e. The zero-order valence-electron chi connectivity index (χ0n) is 13.2. The van der Waals surface area contributed by atoms with Gasteiger partial charge in [-0.2, -0.15) is 0 Å². The number of hydrogen-bond donors (Lipinski definition) is 2. The van der Waals surface area contributed by atoms with Gasteiger partial charge in [0.25, 0.3) is 0 Å². The number of benzene rings is 1. The molecule has 3 N–H and O–H groups in total. The summed E-state index contributed by atoms with van der Waals surface area (Å²) in [5, 5.41) is 3.26. The first kappa shape index (κ1) is 16.0. The van der Waals surface area contributed by atoms with Crippen molar-refractivity contribution in [3.05, 3.63) is 35.9 Å². The van der Waals surface area contributed by atoms with Crippen LogP contribution < -0.4 is 11.1 Å². The van der Waals surface area contributed by atoms with Gasteiger partial charge in [0.15, 0.2) is 0 Å². The van der Waals surface area contributed by atoms with Crippen molar-refractivity contribution in [2.24, 2.45) is 23.5 Å². The third kappa shape index (κ3) is 4.31. The zero-order chi connectivity index (χ0) is 15.2. The molecule has 0 bridgehead atoms. The van der Waals surface area contributed by atoms with Gasteiger partial charge in [-0.3, -0.25) is 4.79 Å². The summed E-state index contributed by atoms with van der Waals surface area (Å²) in [4.78, 5) is 12.7. The Hall–Kier alpha value is -1.35. The highest BCUT2D eigenvalue weighted by atomic mass is 16.2. The van der Waals surface area contributed by atoms with E-state index in [-0.39, 0.29) is 17.9 Å². The summed E-state index contributed by atoms with van der Waals surface area (Å²) in [5.74, 6) is 1.02. The third-order valence-corrected chi connectivity index (χ3v) is 4.73. The molecule has 1 aliphatic carbocycles. The maximum atomic E-state index is 12.7. The molecule has 3 nitrogen and oxygen atoms in total. The number of nitrogens with one attached hydrogen (secondary N) is 1. The lowest BCUT2D eigenvalue weighted by Gasteiger charge is -2.25. The summed E-state index contributed by atoms with van der Waals surface area (Å²) >= 11 is 0. The molecular weight excluding hydrogens is 260 g/mol. The minimum atomic E-state index is 0.0337. The van der Waals surface area contributed by atoms with Crippen LogP contribution in [-0.4, -0.2) is 18.5 Å². The first-order valence-corrected chi connectivity index (χ1v) is 8.16. The van der Waals surface area contributed by atoms with Gasteiger partial charge in [0.1, 0.15) is 0 Å². The lowest BCUT2D eigenvalue weighted by molar-refractivity contribution is -0.127. The number of carbonyl (C=O) groups is 1. The van der Waals surface area contributed by atoms with Crippen molar-refractivity contribution in [2.45, 2.75) is 45.6 Å². The summed E-state index contributed by atoms with van der Waals surface area (Å²) in [6.45, 7) is 4.93. The van der Waals surface area contributed by atoms with Crippen molar-refractivity contribution >= 4 is 5.91 Å². The Labute approximate surface area is 128 Å². The van der Waals surface area contributed by atoms with E-state index in [9.17, 15) is 4.79 Å². The minimum absolute atomic E-state index is 0.0337. The molecule has 0 heterocycles. The van der Waals surface area contributed by atoms with Crippen molar-refractivity contribution in [1.29, 1.82) is 0 Å². The first-order chi connectivity index (χ1) is 10.1. The van der Waals surface area contributed by atoms with Crippen LogP contribution in [0.1, 0.15) is 38.7 Å². The molecule has 3 heteroatoms. The first-order valence-electron chi connectivity index (χ1n) is 8.16. The number of carbonyl (C=O) groups excluding carboxylic acids is 1. The molecule has 2 rings (SSSR count). The van der Waals surface area contributed by atoms with Crippen molar-refractivity contribution < 1.29 is 4.79 Å². The smallest absolute Gasteiger partial charge is 0.223 e. The van der Waals surface area contributed by atoms with Gasteiger partial charge in [-0.25, -0.2) is 0 Å². The second-order valence-electron chi connectivity index (χ2n) is 6.58. The monoisotopic (exact) mass is 288 g/mol. The average Bonchev–Trinajstić information content (AvgIpc) is 2.92. The summed E-state index contributed by atoms with van der Waals surface area (Å²) < 4.78 is 0. The van der Waals surface area contributed by atoms with Crippen LogP contribution in [0.15, 0.2) is 30.3 Å². The maximum absolute atomic E-state index is 12.7. The second kappa shape index (κ2) is 7.60. The quantitative estimate of drug-likeness (QED) is 0.845. The number of hydrogen-bond acceptors (Lipinski definition) is 2. The molecule has 0 aliphatic heterocycles. The Morgan fingerprint density at radius 3 is 2.62 bits per heavy atom. The molecular formula is C18H28N2O. The van der Waals surface area contributed by atoms with Crippen LogP contribution in [0.4, 0.5) is 0 Å². The predicted molar refractivity (Wildman–Crippen MR) is 86.8 cm³/mol. The van der Waals surface area contributed by atoms with Gasteiger partial charge in [-0.05, 0) is 43.2 Å². The highest BCUT2D eigenvalue weighted by molar-refractivity contribution is 5.79. The SMILES string of the molecule is CC(C)C(Cc1ccccc1)C(=O)NC1CCCC1CN. The summed E-state index contributed by atoms with van der Waals surface area (Å²) in [6.07, 6.45) is 4.21. The molecule has 1 aromatic carbocycles. The highest BCUT2D eigenvalue weighted by Gasteiger charge is 2.30. The fourth-order valence-electron chi connectivity index (χ4n) is 3.30. The van der Waals surface area contributed by atoms with E-state index in [1.54, 1.807) is 0 Å². The molecule has 21 heavy (non-hydrogen) atoms. The minimum Gasteiger partial charge on any atom is -0.353 e. The molecule has 3 unspecified atom stereocenters. The molecule has 1 fully saturated rings. The van der Waals surface area contributed by atoms with E-state index in [1.807, 2.05) is 18.2 Å². The van der Waals surface area contributed by atoms with E-state index in [4.69, 9.17) is 5.73 Å². The van der Waals surface area contributed by atoms with E-state index in [1.165, 1.54) is 12.0 Å². The zero-order valence-corrected chi connectivity index (χ0v) is 13.2. The van der Waals surface area contributed by atoms with Gasteiger partial charge >= 0.3 is 0 Å². The van der Waals surface area contributed by atoms with Gasteiger partial charge in [0, 0.05) is 12.0 Å². The molecule has 1 aromatic rings. The third-order valence-electron chi connectivity index (χ3n) is 4.73. The number of nitrogens with two attached hydrogens (primary N) is 1. The molecule has 0 aromatic heterocycles. The molecule has 3 atom stereocenters. The Balaban J connectivity index is 1.99. The van der Waals surface area contributed by atoms with Crippen LogP contribution in [0.5, 0.6) is 0 Å². The van der Waals surface area contributed by atoms with Gasteiger partial charge < -0.3 is 11.1 Å². The standard InChI is InChI=1S/C18H28N2O/c1-13(2)16(11-14-7-4-3-5-8-14)18(21)20-17-10-6-9-15(17)12-19/h3-5,7-8,13,15-17H,6,9-12,19H2,1-2H3,(H,20,21). The lowest BCUT2D eigenvalue weighted by atomic mass is 9.88. The van der Waals surface area contributed by atoms with Gasteiger partial charge in [0.05, 0.1) is 0 Å². The summed E-state index contributed by atoms with van der Waals surface area (Å²) in [7, 11) is 0. The van der Waals surface area contributed by atoms with E-state index in [0.29, 0.717) is 18.4 Å². The lowest BCUT2D eigenvalue weighted by Crippen LogP contribution is -2.44. The molecule has 1 aliphatic rings. The average molecular weight is 288 g/mol. The van der Waals surface area contributed by atoms with Crippen molar-refractivity contribution in [1.82, 2.24) is 5.32 Å². The Kier molecular flexibility index (Phi) is 5.80. The largest absolute Gasteiger partial charge is 0.353 e. The fourth-order valence-corrected chi connectivity index (χ4v) is 3.30. The topological polar surface area (TPSA) is 55.1 Å². The summed E-state index contributed by atoms with van der Waals surface area (Å²) in [5.41, 5.74) is 7.04. The molecule has 0 spiro atoms. The Morgan fingerprint density at radius 2 is 2.00 bits per heavy atom. The summed E-state index contributed by atoms with van der Waals surface area (Å²) in [6, 6.07) is 10.6.